The Morgan fingerprint density at radius 1 is 1.08 bits per heavy atom. The molecule has 0 heterocycles. The lowest BCUT2D eigenvalue weighted by Crippen LogP contribution is -2.33. The van der Waals surface area contributed by atoms with Gasteiger partial charge in [-0.25, -0.2) is 0 Å². The van der Waals surface area contributed by atoms with Crippen molar-refractivity contribution in [1.82, 2.24) is 4.90 Å². The Kier molecular flexibility index (Phi) is 8.26. The zero-order valence-corrected chi connectivity index (χ0v) is 16.1. The molecule has 4 nitrogen and oxygen atoms in total. The normalized spacial score (nSPS) is 11.8. The molecule has 0 aliphatic heterocycles. The number of benzene rings is 1. The number of hydrogen-bond acceptors (Lipinski definition) is 4. The van der Waals surface area contributed by atoms with Gasteiger partial charge in [0.1, 0.15) is 5.75 Å². The Balaban J connectivity index is 2.67. The number of nitrogens with zero attached hydrogens (tertiary/aromatic N) is 1. The molecule has 0 unspecified atom stereocenters. The lowest BCUT2D eigenvalue weighted by atomic mass is 10.1. The average Bonchev–Trinajstić information content (AvgIpc) is 2.45. The van der Waals surface area contributed by atoms with E-state index in [4.69, 9.17) is 10.5 Å². The second-order valence-corrected chi connectivity index (χ2v) is 7.64. The summed E-state index contributed by atoms with van der Waals surface area (Å²) in [6.07, 6.45) is 0.581. The molecule has 0 atom stereocenters. The van der Waals surface area contributed by atoms with Gasteiger partial charge in [-0.2, -0.15) is 0 Å². The third kappa shape index (κ3) is 7.35. The first-order valence-electron chi connectivity index (χ1n) is 9.00. The van der Waals surface area contributed by atoms with Crippen molar-refractivity contribution in [3.05, 3.63) is 23.8 Å². The Hall–Kier alpha value is -1.55. The van der Waals surface area contributed by atoms with Crippen LogP contribution in [0.3, 0.4) is 0 Å². The van der Waals surface area contributed by atoms with Gasteiger partial charge < -0.3 is 15.4 Å². The maximum Gasteiger partial charge on any atom is 0.164 e. The van der Waals surface area contributed by atoms with Crippen LogP contribution in [-0.4, -0.2) is 36.4 Å². The molecular weight excluding hydrogens is 300 g/mol. The maximum absolute atomic E-state index is 12.5. The predicted molar refractivity (Wildman–Crippen MR) is 102 cm³/mol. The van der Waals surface area contributed by atoms with E-state index in [1.807, 2.05) is 19.9 Å². The summed E-state index contributed by atoms with van der Waals surface area (Å²) in [5.41, 5.74) is 7.20. The van der Waals surface area contributed by atoms with Gasteiger partial charge in [-0.3, -0.25) is 4.79 Å². The summed E-state index contributed by atoms with van der Waals surface area (Å²) in [5.74, 6) is 1.97. The van der Waals surface area contributed by atoms with E-state index in [2.05, 4.69) is 32.6 Å². The van der Waals surface area contributed by atoms with E-state index in [1.54, 1.807) is 12.1 Å². The van der Waals surface area contributed by atoms with E-state index in [9.17, 15) is 4.79 Å². The molecule has 0 bridgehead atoms. The highest BCUT2D eigenvalue weighted by Gasteiger charge is 2.14. The molecule has 0 spiro atoms. The summed E-state index contributed by atoms with van der Waals surface area (Å²) in [5, 5.41) is 0. The van der Waals surface area contributed by atoms with Crippen LogP contribution >= 0.6 is 0 Å². The zero-order valence-electron chi connectivity index (χ0n) is 16.1. The number of nitrogens with two attached hydrogens (primary N) is 1. The molecule has 1 aromatic rings. The highest BCUT2D eigenvalue weighted by molar-refractivity contribution is 5.97. The van der Waals surface area contributed by atoms with Crippen molar-refractivity contribution in [2.45, 2.75) is 54.1 Å². The molecule has 0 aliphatic rings. The summed E-state index contributed by atoms with van der Waals surface area (Å²) in [6, 6.07) is 5.34. The molecule has 24 heavy (non-hydrogen) atoms. The number of nitrogen functional groups attached to an aromatic ring is 1. The van der Waals surface area contributed by atoms with Crippen molar-refractivity contribution >= 4 is 11.5 Å². The molecule has 0 saturated heterocycles. The minimum absolute atomic E-state index is 0.0643. The smallest absolute Gasteiger partial charge is 0.164 e. The lowest BCUT2D eigenvalue weighted by Gasteiger charge is -2.25. The van der Waals surface area contributed by atoms with Gasteiger partial charge in [0, 0.05) is 31.6 Å². The second kappa shape index (κ2) is 9.67. The first-order valence-corrected chi connectivity index (χ1v) is 9.00. The van der Waals surface area contributed by atoms with Crippen LogP contribution in [0.15, 0.2) is 18.2 Å². The highest BCUT2D eigenvalue weighted by Crippen LogP contribution is 2.24. The summed E-state index contributed by atoms with van der Waals surface area (Å²) in [4.78, 5) is 14.9. The average molecular weight is 335 g/mol. The standard InChI is InChI=1S/C20H34N2O2/c1-14(2)12-22(13-15(3)4)10-9-19(23)17-7-8-20(18(21)11-17)24-16(5)6/h7-8,11,14-16H,9-10,12-13,21H2,1-6H3. The summed E-state index contributed by atoms with van der Waals surface area (Å²) >= 11 is 0. The number of anilines is 1. The lowest BCUT2D eigenvalue weighted by molar-refractivity contribution is 0.0956. The highest BCUT2D eigenvalue weighted by atomic mass is 16.5. The van der Waals surface area contributed by atoms with Gasteiger partial charge in [-0.15, -0.1) is 0 Å². The predicted octanol–water partition coefficient (Wildman–Crippen LogP) is 4.24. The van der Waals surface area contributed by atoms with Crippen molar-refractivity contribution in [2.75, 3.05) is 25.4 Å². The SMILES string of the molecule is CC(C)CN(CCC(=O)c1ccc(OC(C)C)c(N)c1)CC(C)C. The largest absolute Gasteiger partial charge is 0.489 e. The molecule has 2 N–H and O–H groups in total. The zero-order chi connectivity index (χ0) is 18.3. The number of Topliss-reactive ketones (excluding diaryl/α,β-unsaturated/α-hetero) is 1. The number of carbonyl (C=O) groups is 1. The summed E-state index contributed by atoms with van der Waals surface area (Å²) < 4.78 is 5.62. The molecular formula is C20H34N2O2. The van der Waals surface area contributed by atoms with E-state index in [0.717, 1.165) is 19.6 Å². The fourth-order valence-corrected chi connectivity index (χ4v) is 2.78. The minimum Gasteiger partial charge on any atom is -0.489 e. The van der Waals surface area contributed by atoms with Gasteiger partial charge >= 0.3 is 0 Å². The van der Waals surface area contributed by atoms with Crippen LogP contribution in [0, 0.1) is 11.8 Å². The Bertz CT molecular complexity index is 514. The Morgan fingerprint density at radius 2 is 1.67 bits per heavy atom. The third-order valence-electron chi connectivity index (χ3n) is 3.60. The first kappa shape index (κ1) is 20.5. The number of rotatable bonds is 10. The topological polar surface area (TPSA) is 55.6 Å². The second-order valence-electron chi connectivity index (χ2n) is 7.64. The molecule has 1 aromatic carbocycles. The first-order chi connectivity index (χ1) is 11.2. The molecule has 0 amide bonds. The van der Waals surface area contributed by atoms with E-state index in [-0.39, 0.29) is 11.9 Å². The molecule has 136 valence electrons. The van der Waals surface area contributed by atoms with Crippen LogP contribution in [0.25, 0.3) is 0 Å². The van der Waals surface area contributed by atoms with Gasteiger partial charge in [-0.05, 0) is 43.9 Å². The van der Waals surface area contributed by atoms with Crippen molar-refractivity contribution in [3.8, 4) is 5.75 Å². The maximum atomic E-state index is 12.5. The summed E-state index contributed by atoms with van der Waals surface area (Å²) in [7, 11) is 0. The van der Waals surface area contributed by atoms with Crippen LogP contribution in [0.2, 0.25) is 0 Å². The molecule has 4 heteroatoms. The van der Waals surface area contributed by atoms with Crippen molar-refractivity contribution in [3.63, 3.8) is 0 Å². The number of ketones is 1. The van der Waals surface area contributed by atoms with Crippen LogP contribution < -0.4 is 10.5 Å². The van der Waals surface area contributed by atoms with Crippen LogP contribution in [0.4, 0.5) is 5.69 Å². The minimum atomic E-state index is 0.0643. The van der Waals surface area contributed by atoms with Gasteiger partial charge in [0.15, 0.2) is 5.78 Å². The number of carbonyl (C=O) groups excluding carboxylic acids is 1. The quantitative estimate of drug-likeness (QED) is 0.513. The van der Waals surface area contributed by atoms with E-state index < -0.39 is 0 Å². The fraction of sp³-hybridized carbons (Fsp3) is 0.650. The van der Waals surface area contributed by atoms with E-state index >= 15 is 0 Å². The van der Waals surface area contributed by atoms with Crippen LogP contribution in [0.5, 0.6) is 5.75 Å². The molecule has 0 fully saturated rings. The van der Waals surface area contributed by atoms with Gasteiger partial charge in [0.05, 0.1) is 11.8 Å². The van der Waals surface area contributed by atoms with Crippen LogP contribution in [-0.2, 0) is 0 Å². The van der Waals surface area contributed by atoms with Gasteiger partial charge in [-0.1, -0.05) is 27.7 Å². The number of hydrogen-bond donors (Lipinski definition) is 1. The van der Waals surface area contributed by atoms with Crippen molar-refractivity contribution in [1.29, 1.82) is 0 Å². The van der Waals surface area contributed by atoms with Crippen LogP contribution in [0.1, 0.15) is 58.3 Å². The number of ether oxygens (including phenoxy) is 1. The molecule has 0 aliphatic carbocycles. The van der Waals surface area contributed by atoms with E-state index in [0.29, 0.717) is 35.3 Å². The Morgan fingerprint density at radius 3 is 2.12 bits per heavy atom. The Labute approximate surface area is 147 Å². The molecule has 0 aromatic heterocycles. The third-order valence-corrected chi connectivity index (χ3v) is 3.60. The molecule has 0 radical (unpaired) electrons. The summed E-state index contributed by atoms with van der Waals surface area (Å²) in [6.45, 7) is 15.6. The fourth-order valence-electron chi connectivity index (χ4n) is 2.78. The van der Waals surface area contributed by atoms with E-state index in [1.165, 1.54) is 0 Å². The van der Waals surface area contributed by atoms with Crippen molar-refractivity contribution in [2.24, 2.45) is 11.8 Å². The van der Waals surface area contributed by atoms with Crippen molar-refractivity contribution < 1.29 is 9.53 Å². The molecule has 1 rings (SSSR count). The monoisotopic (exact) mass is 334 g/mol. The van der Waals surface area contributed by atoms with Gasteiger partial charge in [0.25, 0.3) is 0 Å². The van der Waals surface area contributed by atoms with Gasteiger partial charge in [0.2, 0.25) is 0 Å². The molecule has 0 saturated carbocycles.